The van der Waals surface area contributed by atoms with Crippen molar-refractivity contribution in [2.75, 3.05) is 11.9 Å². The van der Waals surface area contributed by atoms with E-state index in [0.717, 1.165) is 9.87 Å². The van der Waals surface area contributed by atoms with Crippen LogP contribution in [-0.4, -0.2) is 25.2 Å². The molecule has 31 heavy (non-hydrogen) atoms. The van der Waals surface area contributed by atoms with Gasteiger partial charge in [0.2, 0.25) is 15.9 Å². The van der Waals surface area contributed by atoms with Gasteiger partial charge in [0.15, 0.2) is 0 Å². The maximum atomic E-state index is 13.3. The zero-order valence-corrected chi connectivity index (χ0v) is 19.6. The van der Waals surface area contributed by atoms with Crippen molar-refractivity contribution in [1.29, 1.82) is 0 Å². The average Bonchev–Trinajstić information content (AvgIpc) is 2.69. The van der Waals surface area contributed by atoms with Gasteiger partial charge in [0, 0.05) is 27.3 Å². The fraction of sp³-hybridized carbons (Fsp3) is 0.136. The molecule has 0 atom stereocenters. The molecule has 3 aromatic carbocycles. The van der Waals surface area contributed by atoms with E-state index in [1.54, 1.807) is 30.3 Å². The second-order valence-electron chi connectivity index (χ2n) is 6.88. The van der Waals surface area contributed by atoms with Crippen LogP contribution in [0.3, 0.4) is 0 Å². The number of nitrogens with one attached hydrogen (secondary N) is 1. The molecule has 0 aromatic heterocycles. The largest absolute Gasteiger partial charge is 0.325 e. The summed E-state index contributed by atoms with van der Waals surface area (Å²) in [6.07, 6.45) is 0. The first-order chi connectivity index (χ1) is 14.6. The molecular formula is C22H19Cl3N2O3S. The van der Waals surface area contributed by atoms with Crippen molar-refractivity contribution in [1.82, 2.24) is 4.31 Å². The SMILES string of the molecule is Cc1cccc(NC(=O)CN(Cc2ccc(Cl)cc2Cl)S(=O)(=O)c2ccc(Cl)cc2)c1. The van der Waals surface area contributed by atoms with E-state index in [1.165, 1.54) is 30.3 Å². The van der Waals surface area contributed by atoms with Crippen LogP contribution in [0.25, 0.3) is 0 Å². The van der Waals surface area contributed by atoms with Crippen molar-refractivity contribution in [3.63, 3.8) is 0 Å². The van der Waals surface area contributed by atoms with Crippen molar-refractivity contribution < 1.29 is 13.2 Å². The molecule has 0 saturated carbocycles. The van der Waals surface area contributed by atoms with Crippen LogP contribution >= 0.6 is 34.8 Å². The molecule has 162 valence electrons. The summed E-state index contributed by atoms with van der Waals surface area (Å²) in [6, 6.07) is 17.8. The molecule has 0 aliphatic carbocycles. The number of hydrogen-bond acceptors (Lipinski definition) is 3. The summed E-state index contributed by atoms with van der Waals surface area (Å²) in [6.45, 7) is 1.38. The zero-order chi connectivity index (χ0) is 22.6. The highest BCUT2D eigenvalue weighted by molar-refractivity contribution is 7.89. The van der Waals surface area contributed by atoms with Gasteiger partial charge in [0.25, 0.3) is 0 Å². The number of carbonyl (C=O) groups excluding carboxylic acids is 1. The summed E-state index contributed by atoms with van der Waals surface area (Å²) >= 11 is 18.1. The first-order valence-corrected chi connectivity index (χ1v) is 11.8. The molecule has 0 aliphatic rings. The van der Waals surface area contributed by atoms with Crippen LogP contribution < -0.4 is 5.32 Å². The van der Waals surface area contributed by atoms with Gasteiger partial charge in [-0.15, -0.1) is 0 Å². The fourth-order valence-electron chi connectivity index (χ4n) is 2.90. The van der Waals surface area contributed by atoms with Gasteiger partial charge in [0.05, 0.1) is 11.4 Å². The Morgan fingerprint density at radius 3 is 2.26 bits per heavy atom. The molecule has 1 N–H and O–H groups in total. The van der Waals surface area contributed by atoms with Crippen molar-refractivity contribution in [2.24, 2.45) is 0 Å². The Morgan fingerprint density at radius 1 is 0.935 bits per heavy atom. The molecule has 0 fully saturated rings. The predicted molar refractivity (Wildman–Crippen MR) is 125 cm³/mol. The summed E-state index contributed by atoms with van der Waals surface area (Å²) in [4.78, 5) is 12.7. The number of sulfonamides is 1. The lowest BCUT2D eigenvalue weighted by Gasteiger charge is -2.22. The van der Waals surface area contributed by atoms with Crippen LogP contribution in [0.4, 0.5) is 5.69 Å². The number of nitrogens with zero attached hydrogens (tertiary/aromatic N) is 1. The molecular weight excluding hydrogens is 479 g/mol. The maximum absolute atomic E-state index is 13.3. The average molecular weight is 498 g/mol. The summed E-state index contributed by atoms with van der Waals surface area (Å²) in [7, 11) is -4.02. The second kappa shape index (κ2) is 10.0. The predicted octanol–water partition coefficient (Wildman–Crippen LogP) is 5.78. The Bertz CT molecular complexity index is 1200. The van der Waals surface area contributed by atoms with Gasteiger partial charge in [-0.25, -0.2) is 8.42 Å². The monoisotopic (exact) mass is 496 g/mol. The summed E-state index contributed by atoms with van der Waals surface area (Å²) < 4.78 is 27.7. The number of anilines is 1. The van der Waals surface area contributed by atoms with Crippen LogP contribution in [0, 0.1) is 6.92 Å². The summed E-state index contributed by atoms with van der Waals surface area (Å²) in [5, 5.41) is 3.88. The highest BCUT2D eigenvalue weighted by atomic mass is 35.5. The van der Waals surface area contributed by atoms with Gasteiger partial charge >= 0.3 is 0 Å². The first kappa shape index (κ1) is 23.6. The third kappa shape index (κ3) is 6.21. The Labute approximate surface area is 196 Å². The number of carbonyl (C=O) groups is 1. The normalized spacial score (nSPS) is 11.5. The van der Waals surface area contributed by atoms with E-state index in [2.05, 4.69) is 5.32 Å². The number of hydrogen-bond donors (Lipinski definition) is 1. The Hall–Kier alpha value is -2.09. The van der Waals surface area contributed by atoms with Crippen molar-refractivity contribution in [3.05, 3.63) is 92.9 Å². The summed E-state index contributed by atoms with van der Waals surface area (Å²) in [5.74, 6) is -0.478. The van der Waals surface area contributed by atoms with E-state index in [1.807, 2.05) is 13.0 Å². The topological polar surface area (TPSA) is 66.5 Å². The molecule has 5 nitrogen and oxygen atoms in total. The first-order valence-electron chi connectivity index (χ1n) is 9.21. The molecule has 3 aromatic rings. The molecule has 0 heterocycles. The van der Waals surface area contributed by atoms with Gasteiger partial charge in [0.1, 0.15) is 0 Å². The smallest absolute Gasteiger partial charge is 0.243 e. The van der Waals surface area contributed by atoms with Gasteiger partial charge in [-0.05, 0) is 66.6 Å². The lowest BCUT2D eigenvalue weighted by atomic mass is 10.2. The fourth-order valence-corrected chi connectivity index (χ4v) is 4.87. The standard InChI is InChI=1S/C22H19Cl3N2O3S/c1-15-3-2-4-19(11-15)26-22(28)14-27(13-16-5-6-18(24)12-21(16)25)31(29,30)20-9-7-17(23)8-10-20/h2-12H,13-14H2,1H3,(H,26,28). The molecule has 9 heteroatoms. The number of halogens is 3. The molecule has 0 spiro atoms. The maximum Gasteiger partial charge on any atom is 0.243 e. The van der Waals surface area contributed by atoms with Crippen molar-refractivity contribution >= 4 is 56.4 Å². The van der Waals surface area contributed by atoms with E-state index in [9.17, 15) is 13.2 Å². The van der Waals surface area contributed by atoms with Crippen LogP contribution in [-0.2, 0) is 21.4 Å². The molecule has 0 aliphatic heterocycles. The summed E-state index contributed by atoms with van der Waals surface area (Å²) in [5.41, 5.74) is 2.07. The van der Waals surface area contributed by atoms with E-state index < -0.39 is 22.5 Å². The minimum atomic E-state index is -4.02. The third-order valence-electron chi connectivity index (χ3n) is 4.44. The van der Waals surface area contributed by atoms with Crippen LogP contribution in [0.1, 0.15) is 11.1 Å². The number of rotatable bonds is 7. The third-order valence-corrected chi connectivity index (χ3v) is 7.08. The molecule has 0 radical (unpaired) electrons. The molecule has 0 unspecified atom stereocenters. The van der Waals surface area contributed by atoms with Gasteiger partial charge in [-0.2, -0.15) is 4.31 Å². The van der Waals surface area contributed by atoms with Crippen LogP contribution in [0.2, 0.25) is 15.1 Å². The Balaban J connectivity index is 1.91. The van der Waals surface area contributed by atoms with Gasteiger partial charge in [-0.3, -0.25) is 4.79 Å². The number of benzene rings is 3. The highest BCUT2D eigenvalue weighted by Crippen LogP contribution is 2.26. The van der Waals surface area contributed by atoms with Crippen LogP contribution in [0.5, 0.6) is 0 Å². The van der Waals surface area contributed by atoms with Crippen molar-refractivity contribution in [3.8, 4) is 0 Å². The minimum absolute atomic E-state index is 0.0188. The Morgan fingerprint density at radius 2 is 1.61 bits per heavy atom. The lowest BCUT2D eigenvalue weighted by Crippen LogP contribution is -2.37. The lowest BCUT2D eigenvalue weighted by molar-refractivity contribution is -0.116. The van der Waals surface area contributed by atoms with Gasteiger partial charge < -0.3 is 5.32 Å². The van der Waals surface area contributed by atoms with Crippen molar-refractivity contribution in [2.45, 2.75) is 18.4 Å². The van der Waals surface area contributed by atoms with Crippen LogP contribution in [0.15, 0.2) is 71.6 Å². The minimum Gasteiger partial charge on any atom is -0.325 e. The van der Waals surface area contributed by atoms with E-state index in [4.69, 9.17) is 34.8 Å². The highest BCUT2D eigenvalue weighted by Gasteiger charge is 2.27. The van der Waals surface area contributed by atoms with E-state index >= 15 is 0 Å². The molecule has 0 bridgehead atoms. The number of amides is 1. The molecule has 0 saturated heterocycles. The number of aryl methyl sites for hydroxylation is 1. The zero-order valence-electron chi connectivity index (χ0n) is 16.5. The van der Waals surface area contributed by atoms with Gasteiger partial charge in [-0.1, -0.05) is 53.0 Å². The quantitative estimate of drug-likeness (QED) is 0.449. The second-order valence-corrected chi connectivity index (χ2v) is 10.1. The Kier molecular flexibility index (Phi) is 7.62. The molecule has 1 amide bonds. The molecule has 3 rings (SSSR count). The van der Waals surface area contributed by atoms with E-state index in [0.29, 0.717) is 26.3 Å². The van der Waals surface area contributed by atoms with E-state index in [-0.39, 0.29) is 11.4 Å².